The number of hydrogen-bond acceptors (Lipinski definition) is 8. The van der Waals surface area contributed by atoms with Crippen molar-refractivity contribution in [3.05, 3.63) is 0 Å². The van der Waals surface area contributed by atoms with Crippen LogP contribution < -0.4 is 0 Å². The predicted octanol–water partition coefficient (Wildman–Crippen LogP) is 7.65. The van der Waals surface area contributed by atoms with Crippen LogP contribution in [-0.2, 0) is 23.8 Å². The van der Waals surface area contributed by atoms with Crippen LogP contribution in [0.3, 0.4) is 0 Å². The van der Waals surface area contributed by atoms with E-state index in [9.17, 15) is 24.3 Å². The number of hydrogen-bond donors (Lipinski definition) is 1. The quantitative estimate of drug-likeness (QED) is 0.132. The molecule has 0 aliphatic carbocycles. The van der Waals surface area contributed by atoms with Gasteiger partial charge in [0.25, 0.3) is 0 Å². The molecule has 0 radical (unpaired) electrons. The van der Waals surface area contributed by atoms with Crippen molar-refractivity contribution in [3.8, 4) is 0 Å². The molecule has 0 saturated heterocycles. The molecule has 0 unspecified atom stereocenters. The van der Waals surface area contributed by atoms with Crippen molar-refractivity contribution in [1.82, 2.24) is 9.80 Å². The highest BCUT2D eigenvalue weighted by atomic mass is 35.5. The Hall–Kier alpha value is -1.37. The smallest absolute Gasteiger partial charge is 0.410 e. The lowest BCUT2D eigenvalue weighted by Gasteiger charge is -2.35. The zero-order valence-electron chi connectivity index (χ0n) is 31.0. The number of amides is 2. The SMILES string of the molecule is CC(=O)Cl.CC[C@H](CC(C)(C)CO)N(C)C(=O)OC(C)(C)C.CC[C@H](CC(C)(C)COC(C)=O)N(C)C(=O)OC(C)(C)C.S.S. The van der Waals surface area contributed by atoms with Crippen LogP contribution in [0.15, 0.2) is 0 Å². The van der Waals surface area contributed by atoms with Crippen molar-refractivity contribution in [2.45, 2.75) is 146 Å². The van der Waals surface area contributed by atoms with Gasteiger partial charge in [0, 0.05) is 52.0 Å². The van der Waals surface area contributed by atoms with Gasteiger partial charge in [0.05, 0.1) is 6.61 Å². The van der Waals surface area contributed by atoms with Gasteiger partial charge in [-0.2, -0.15) is 27.0 Å². The van der Waals surface area contributed by atoms with Gasteiger partial charge in [-0.1, -0.05) is 41.5 Å². The summed E-state index contributed by atoms with van der Waals surface area (Å²) in [5, 5.41) is 8.95. The molecule has 10 nitrogen and oxygen atoms in total. The van der Waals surface area contributed by atoms with Gasteiger partial charge in [-0.25, -0.2) is 9.59 Å². The number of carbonyl (C=O) groups excluding carboxylic acids is 4. The summed E-state index contributed by atoms with van der Waals surface area (Å²) in [4.78, 5) is 47.5. The zero-order valence-corrected chi connectivity index (χ0v) is 33.7. The molecule has 0 aromatic carbocycles. The van der Waals surface area contributed by atoms with Crippen molar-refractivity contribution in [2.75, 3.05) is 27.3 Å². The second-order valence-electron chi connectivity index (χ2n) is 14.5. The highest BCUT2D eigenvalue weighted by Gasteiger charge is 2.31. The number of aliphatic hydroxyl groups excluding tert-OH is 1. The average molecular weight is 707 g/mol. The number of esters is 1. The standard InChI is InChI=1S/C16H31NO4.C14H29NO3.C2H3ClO.2H2S/c1-9-13(10-16(6,7)11-20-12(2)18)17(8)14(19)21-15(3,4)5;1-8-11(9-14(5,6)10-16)15(7)12(17)18-13(2,3)4;1-2(3)4;;/h13H,9-11H2,1-8H3;11,16H,8-10H2,1-7H3;1H3;2*1H2/t13-;11-;;;/m11.../s1. The molecule has 0 aromatic rings. The lowest BCUT2D eigenvalue weighted by Crippen LogP contribution is -2.43. The Balaban J connectivity index is -0.000000205. The second-order valence-corrected chi connectivity index (χ2v) is 15.0. The number of ether oxygens (including phenoxy) is 3. The van der Waals surface area contributed by atoms with Crippen molar-refractivity contribution >= 4 is 62.0 Å². The molecule has 0 bridgehead atoms. The first-order valence-corrected chi connectivity index (χ1v) is 15.3. The monoisotopic (exact) mass is 706 g/mol. The van der Waals surface area contributed by atoms with E-state index in [2.05, 4.69) is 11.6 Å². The van der Waals surface area contributed by atoms with E-state index < -0.39 is 11.2 Å². The van der Waals surface area contributed by atoms with E-state index in [4.69, 9.17) is 14.2 Å². The van der Waals surface area contributed by atoms with Gasteiger partial charge in [0.2, 0.25) is 5.24 Å². The fraction of sp³-hybridized carbons (Fsp3) is 0.875. The molecule has 0 aliphatic heterocycles. The van der Waals surface area contributed by atoms with Crippen LogP contribution in [0.1, 0.15) is 123 Å². The molecule has 0 spiro atoms. The molecule has 0 heterocycles. The number of halogens is 1. The van der Waals surface area contributed by atoms with E-state index in [1.165, 1.54) is 13.8 Å². The minimum atomic E-state index is -0.503. The first kappa shape index (κ1) is 53.1. The molecule has 45 heavy (non-hydrogen) atoms. The van der Waals surface area contributed by atoms with Crippen LogP contribution >= 0.6 is 38.6 Å². The molecule has 0 rings (SSSR count). The molecule has 2 atom stereocenters. The van der Waals surface area contributed by atoms with E-state index in [0.29, 0.717) is 6.61 Å². The van der Waals surface area contributed by atoms with E-state index in [1.807, 2.05) is 83.1 Å². The van der Waals surface area contributed by atoms with Crippen LogP contribution in [0.5, 0.6) is 0 Å². The number of carbonyl (C=O) groups is 4. The molecular weight excluding hydrogens is 640 g/mol. The molecule has 2 amide bonds. The van der Waals surface area contributed by atoms with Gasteiger partial charge in [-0.05, 0) is 84.2 Å². The fourth-order valence-corrected chi connectivity index (χ4v) is 3.77. The summed E-state index contributed by atoms with van der Waals surface area (Å²) in [6, 6.07) is 0.132. The summed E-state index contributed by atoms with van der Waals surface area (Å²) in [5.41, 5.74) is -1.35. The maximum Gasteiger partial charge on any atom is 0.410 e. The molecule has 0 fully saturated rings. The van der Waals surface area contributed by atoms with Crippen molar-refractivity contribution in [1.29, 1.82) is 0 Å². The molecule has 13 heteroatoms. The number of nitrogens with zero attached hydrogens (tertiary/aromatic N) is 2. The van der Waals surface area contributed by atoms with Gasteiger partial charge in [-0.3, -0.25) is 9.59 Å². The third-order valence-electron chi connectivity index (χ3n) is 6.07. The van der Waals surface area contributed by atoms with Crippen LogP contribution in [-0.4, -0.2) is 88.9 Å². The predicted molar refractivity (Wildman–Crippen MR) is 194 cm³/mol. The first-order valence-electron chi connectivity index (χ1n) is 15.0. The molecule has 0 aromatic heterocycles. The highest BCUT2D eigenvalue weighted by Crippen LogP contribution is 2.28. The van der Waals surface area contributed by atoms with E-state index >= 15 is 0 Å². The Labute approximate surface area is 293 Å². The minimum Gasteiger partial charge on any atom is -0.465 e. The van der Waals surface area contributed by atoms with Gasteiger partial charge in [0.15, 0.2) is 0 Å². The summed E-state index contributed by atoms with van der Waals surface area (Å²) in [6.45, 7) is 26.4. The summed E-state index contributed by atoms with van der Waals surface area (Å²) < 4.78 is 15.9. The summed E-state index contributed by atoms with van der Waals surface area (Å²) in [6.07, 6.45) is 2.54. The van der Waals surface area contributed by atoms with E-state index in [1.54, 1.807) is 23.9 Å². The Morgan fingerprint density at radius 3 is 1.20 bits per heavy atom. The maximum atomic E-state index is 12.1. The Morgan fingerprint density at radius 1 is 0.689 bits per heavy atom. The van der Waals surface area contributed by atoms with Gasteiger partial charge in [0.1, 0.15) is 11.2 Å². The first-order chi connectivity index (χ1) is 19.1. The molecule has 272 valence electrons. The van der Waals surface area contributed by atoms with Gasteiger partial charge < -0.3 is 29.1 Å². The third kappa shape index (κ3) is 31.0. The molecule has 0 saturated carbocycles. The van der Waals surface area contributed by atoms with Gasteiger partial charge >= 0.3 is 18.2 Å². The summed E-state index contributed by atoms with van der Waals surface area (Å²) in [5.74, 6) is -0.281. The van der Waals surface area contributed by atoms with Crippen LogP contribution in [0.25, 0.3) is 0 Å². The van der Waals surface area contributed by atoms with Crippen molar-refractivity contribution in [3.63, 3.8) is 0 Å². The van der Waals surface area contributed by atoms with E-state index in [0.717, 1.165) is 25.7 Å². The molecular formula is C32H67ClN2O8S2. The Bertz CT molecular complexity index is 855. The largest absolute Gasteiger partial charge is 0.465 e. The zero-order chi connectivity index (χ0) is 35.0. The third-order valence-corrected chi connectivity index (χ3v) is 6.07. The van der Waals surface area contributed by atoms with Crippen LogP contribution in [0.4, 0.5) is 9.59 Å². The summed E-state index contributed by atoms with van der Waals surface area (Å²) >= 11 is 4.64. The lowest BCUT2D eigenvalue weighted by atomic mass is 9.85. The van der Waals surface area contributed by atoms with Gasteiger partial charge in [-0.15, -0.1) is 0 Å². The minimum absolute atomic E-state index is 0. The number of rotatable bonds is 11. The molecule has 1 N–H and O–H groups in total. The summed E-state index contributed by atoms with van der Waals surface area (Å²) in [7, 11) is 3.51. The molecule has 0 aliphatic rings. The van der Waals surface area contributed by atoms with E-state index in [-0.39, 0.29) is 79.9 Å². The second kappa shape index (κ2) is 23.9. The van der Waals surface area contributed by atoms with Crippen molar-refractivity contribution in [2.24, 2.45) is 10.8 Å². The topological polar surface area (TPSA) is 123 Å². The Kier molecular flexibility index (Phi) is 28.2. The normalized spacial score (nSPS) is 12.6. The van der Waals surface area contributed by atoms with Crippen molar-refractivity contribution < 1.29 is 38.5 Å². The lowest BCUT2D eigenvalue weighted by molar-refractivity contribution is -0.144. The van der Waals surface area contributed by atoms with Crippen LogP contribution in [0, 0.1) is 10.8 Å². The highest BCUT2D eigenvalue weighted by molar-refractivity contribution is 7.59. The Morgan fingerprint density at radius 2 is 0.978 bits per heavy atom. The van der Waals surface area contributed by atoms with Crippen LogP contribution in [0.2, 0.25) is 0 Å². The average Bonchev–Trinajstić information content (AvgIpc) is 2.81. The maximum absolute atomic E-state index is 12.1. The number of aliphatic hydroxyl groups is 1. The fourth-order valence-electron chi connectivity index (χ4n) is 3.77.